The third-order valence-electron chi connectivity index (χ3n) is 4.29. The molecule has 25 heavy (non-hydrogen) atoms. The highest BCUT2D eigenvalue weighted by atomic mass is 27.2. The van der Waals surface area contributed by atoms with E-state index >= 15 is 0 Å². The van der Waals surface area contributed by atoms with Gasteiger partial charge in [-0.2, -0.15) is 9.13 Å². The Balaban J connectivity index is 1.60. The number of pyridine rings is 2. The number of aryl methyl sites for hydroxylation is 2. The van der Waals surface area contributed by atoms with Crippen LogP contribution in [0.15, 0.2) is 73.1 Å². The second-order valence-corrected chi connectivity index (χ2v) is 6.62. The molecule has 0 saturated heterocycles. The van der Waals surface area contributed by atoms with Gasteiger partial charge in [0.05, 0.1) is 10.8 Å². The topological polar surface area (TPSA) is 26.2 Å². The van der Waals surface area contributed by atoms with Crippen molar-refractivity contribution < 1.29 is 16.7 Å². The molecule has 0 aliphatic rings. The molecule has 0 fully saturated rings. The molecule has 121 valence electrons. The molecule has 0 aliphatic heterocycles. The minimum Gasteiger partial charge on any atom is -0.611 e. The largest absolute Gasteiger partial charge is 0.882 e. The monoisotopic (exact) mass is 345 g/mol. The zero-order valence-corrected chi connectivity index (χ0v) is 15.4. The van der Waals surface area contributed by atoms with Gasteiger partial charge in [-0.25, -0.2) is 0 Å². The molecule has 2 aromatic carbocycles. The van der Waals surface area contributed by atoms with E-state index in [0.717, 1.165) is 33.3 Å². The fourth-order valence-corrected chi connectivity index (χ4v) is 3.76. The highest BCUT2D eigenvalue weighted by Gasteiger charge is 2.17. The molecule has 2 aromatic heterocycles. The van der Waals surface area contributed by atoms with Crippen LogP contribution in [-0.2, 0) is 14.1 Å². The molecule has 4 rings (SSSR count). The smallest absolute Gasteiger partial charge is 0.611 e. The Bertz CT molecular complexity index is 970. The molecule has 2 heterocycles. The summed E-state index contributed by atoms with van der Waals surface area (Å²) in [5, 5.41) is 2.30. The van der Waals surface area contributed by atoms with Gasteiger partial charge in [0.25, 0.3) is 11.0 Å². The van der Waals surface area contributed by atoms with Crippen LogP contribution in [0.4, 0.5) is 0 Å². The number of hydrogen-bond donors (Lipinski definition) is 0. The Morgan fingerprint density at radius 3 is 1.56 bits per heavy atom. The van der Waals surface area contributed by atoms with E-state index in [9.17, 15) is 0 Å². The van der Waals surface area contributed by atoms with Gasteiger partial charge >= 0.3 is 15.9 Å². The van der Waals surface area contributed by atoms with E-state index in [1.807, 2.05) is 62.9 Å². The molecule has 4 aromatic rings. The lowest BCUT2D eigenvalue weighted by molar-refractivity contribution is -0.645. The minimum absolute atomic E-state index is 0.670. The summed E-state index contributed by atoms with van der Waals surface area (Å²) in [4.78, 5) is 0. The summed E-state index contributed by atoms with van der Waals surface area (Å²) in [6, 6.07) is 20.4. The van der Waals surface area contributed by atoms with Crippen molar-refractivity contribution >= 4 is 37.7 Å². The molecule has 4 nitrogen and oxygen atoms in total. The summed E-state index contributed by atoms with van der Waals surface area (Å²) in [5.41, 5.74) is 2.15. The molecule has 0 N–H and O–H groups in total. The van der Waals surface area contributed by atoms with Crippen LogP contribution in [0.2, 0.25) is 0 Å². The van der Waals surface area contributed by atoms with E-state index in [1.165, 1.54) is 0 Å². The van der Waals surface area contributed by atoms with Gasteiger partial charge in [0, 0.05) is 12.1 Å². The Labute approximate surface area is 153 Å². The zero-order chi connectivity index (χ0) is 17.2. The van der Waals surface area contributed by atoms with Gasteiger partial charge in [0.2, 0.25) is 0 Å². The molecule has 0 aliphatic carbocycles. The number of rotatable bonds is 4. The summed E-state index contributed by atoms with van der Waals surface area (Å²) in [5.74, 6) is 1.69. The van der Waals surface area contributed by atoms with Crippen molar-refractivity contribution in [3.63, 3.8) is 0 Å². The lowest BCUT2D eigenvalue weighted by atomic mass is 10.2. The molecule has 0 spiro atoms. The zero-order valence-electron chi connectivity index (χ0n) is 14.2. The van der Waals surface area contributed by atoms with E-state index < -0.39 is 15.9 Å². The average Bonchev–Trinajstić information content (AvgIpc) is 2.62. The number of benzene rings is 2. The first-order valence-corrected chi connectivity index (χ1v) is 9.08. The van der Waals surface area contributed by atoms with Crippen molar-refractivity contribution in [3.05, 3.63) is 73.1 Å². The van der Waals surface area contributed by atoms with Crippen LogP contribution in [0.1, 0.15) is 0 Å². The Morgan fingerprint density at radius 2 is 1.08 bits per heavy atom. The quantitative estimate of drug-likeness (QED) is 0.420. The first kappa shape index (κ1) is 15.9. The molecular weight excluding hydrogens is 327 g/mol. The number of hydrogen-bond acceptors (Lipinski definition) is 2. The van der Waals surface area contributed by atoms with E-state index in [1.54, 1.807) is 0 Å². The maximum atomic E-state index is 6.02. The molecular formula is C20H18AlN2O2+2. The van der Waals surface area contributed by atoms with Crippen LogP contribution in [0, 0.1) is 0 Å². The Kier molecular flexibility index (Phi) is 4.27. The predicted molar refractivity (Wildman–Crippen MR) is 97.3 cm³/mol. The van der Waals surface area contributed by atoms with Crippen molar-refractivity contribution in [1.82, 2.24) is 0 Å². The van der Waals surface area contributed by atoms with Gasteiger partial charge in [-0.1, -0.05) is 12.1 Å². The SMILES string of the molecule is C[n+]1cccc2cccc([O][Al][O]c3cccc4ccc[n+](C)c34)c21. The average molecular weight is 345 g/mol. The first-order chi connectivity index (χ1) is 12.2. The van der Waals surface area contributed by atoms with Gasteiger partial charge in [-0.15, -0.1) is 0 Å². The molecule has 0 saturated carbocycles. The fourth-order valence-electron chi connectivity index (χ4n) is 3.12. The van der Waals surface area contributed by atoms with E-state index in [0.29, 0.717) is 0 Å². The number of nitrogens with zero attached hydrogens (tertiary/aromatic N) is 2. The van der Waals surface area contributed by atoms with E-state index in [-0.39, 0.29) is 0 Å². The highest BCUT2D eigenvalue weighted by Crippen LogP contribution is 2.23. The van der Waals surface area contributed by atoms with Gasteiger partial charge in [-0.3, -0.25) is 0 Å². The van der Waals surface area contributed by atoms with E-state index in [4.69, 9.17) is 7.58 Å². The molecule has 0 amide bonds. The number of para-hydroxylation sites is 2. The van der Waals surface area contributed by atoms with Crippen LogP contribution in [-0.4, -0.2) is 15.9 Å². The summed E-state index contributed by atoms with van der Waals surface area (Å²) in [6.45, 7) is 0. The molecule has 0 unspecified atom stereocenters. The lowest BCUT2D eigenvalue weighted by Crippen LogP contribution is -2.29. The van der Waals surface area contributed by atoms with Crippen molar-refractivity contribution in [2.24, 2.45) is 14.1 Å². The Hall–Kier alpha value is -2.61. The molecule has 1 radical (unpaired) electrons. The third-order valence-corrected chi connectivity index (χ3v) is 4.99. The Morgan fingerprint density at radius 1 is 0.640 bits per heavy atom. The fraction of sp³-hybridized carbons (Fsp3) is 0.100. The normalized spacial score (nSPS) is 10.8. The summed E-state index contributed by atoms with van der Waals surface area (Å²) >= 11 is -0.670. The molecule has 5 heteroatoms. The number of fused-ring (bicyclic) bond motifs is 2. The summed E-state index contributed by atoms with van der Waals surface area (Å²) in [7, 11) is 4.05. The minimum atomic E-state index is -0.670. The van der Waals surface area contributed by atoms with Crippen molar-refractivity contribution in [2.75, 3.05) is 0 Å². The maximum Gasteiger partial charge on any atom is 0.882 e. The van der Waals surface area contributed by atoms with Crippen molar-refractivity contribution in [2.45, 2.75) is 0 Å². The second-order valence-electron chi connectivity index (χ2n) is 5.96. The number of aromatic nitrogens is 2. The van der Waals surface area contributed by atoms with Crippen LogP contribution in [0.3, 0.4) is 0 Å². The van der Waals surface area contributed by atoms with Crippen LogP contribution < -0.4 is 16.7 Å². The molecule has 0 bridgehead atoms. The molecule has 0 atom stereocenters. The predicted octanol–water partition coefficient (Wildman–Crippen LogP) is 2.63. The van der Waals surface area contributed by atoms with Crippen molar-refractivity contribution in [1.29, 1.82) is 0 Å². The van der Waals surface area contributed by atoms with E-state index in [2.05, 4.69) is 33.4 Å². The van der Waals surface area contributed by atoms with Crippen LogP contribution in [0.5, 0.6) is 11.5 Å². The second kappa shape index (κ2) is 6.72. The van der Waals surface area contributed by atoms with Gasteiger partial charge in [-0.05, 0) is 36.4 Å². The maximum absolute atomic E-state index is 6.02. The van der Waals surface area contributed by atoms with Crippen molar-refractivity contribution in [3.8, 4) is 11.5 Å². The van der Waals surface area contributed by atoms with Gasteiger partial charge < -0.3 is 7.58 Å². The standard InChI is InChI=1S/2C10H9NO.Al/c2*1-11-7-3-5-8-4-2-6-9(12)10(8)11;/h2*2-7H,1H3;/q;;+2. The van der Waals surface area contributed by atoms with Crippen LogP contribution in [0.25, 0.3) is 21.8 Å². The van der Waals surface area contributed by atoms with Crippen LogP contribution >= 0.6 is 0 Å². The lowest BCUT2D eigenvalue weighted by Gasteiger charge is -2.10. The van der Waals surface area contributed by atoms with Gasteiger partial charge in [0.15, 0.2) is 23.9 Å². The van der Waals surface area contributed by atoms with Gasteiger partial charge in [0.1, 0.15) is 14.1 Å². The highest BCUT2D eigenvalue weighted by molar-refractivity contribution is 6.21. The third kappa shape index (κ3) is 3.05. The summed E-state index contributed by atoms with van der Waals surface area (Å²) in [6.07, 6.45) is 4.05. The summed E-state index contributed by atoms with van der Waals surface area (Å²) < 4.78 is 16.2. The first-order valence-electron chi connectivity index (χ1n) is 8.14.